The summed E-state index contributed by atoms with van der Waals surface area (Å²) < 4.78 is 0. The molecule has 1 heterocycles. The first-order valence-electron chi connectivity index (χ1n) is 4.58. The summed E-state index contributed by atoms with van der Waals surface area (Å²) in [4.78, 5) is 2.33. The minimum atomic E-state index is 1.04. The standard InChI is InChI=1S/C11H14N2/c1-12-10-4-6-11(7-5-10)13-8-2-3-9-13/h2-7,12H,8-9H2,1H3. The molecular weight excluding hydrogens is 160 g/mol. The minimum absolute atomic E-state index is 1.04. The predicted molar refractivity (Wildman–Crippen MR) is 57.3 cm³/mol. The first kappa shape index (κ1) is 8.17. The Morgan fingerprint density at radius 3 is 2.23 bits per heavy atom. The fourth-order valence-corrected chi connectivity index (χ4v) is 1.53. The van der Waals surface area contributed by atoms with E-state index in [1.165, 1.54) is 5.69 Å². The zero-order valence-corrected chi connectivity index (χ0v) is 7.83. The largest absolute Gasteiger partial charge is 0.388 e. The average Bonchev–Trinajstić information content (AvgIpc) is 2.71. The van der Waals surface area contributed by atoms with E-state index in [0.29, 0.717) is 0 Å². The summed E-state index contributed by atoms with van der Waals surface area (Å²) in [5, 5.41) is 3.11. The van der Waals surface area contributed by atoms with Gasteiger partial charge in [-0.15, -0.1) is 0 Å². The Morgan fingerprint density at radius 1 is 1.08 bits per heavy atom. The quantitative estimate of drug-likeness (QED) is 0.691. The lowest BCUT2D eigenvalue weighted by Crippen LogP contribution is -2.18. The maximum atomic E-state index is 3.11. The lowest BCUT2D eigenvalue weighted by molar-refractivity contribution is 1.01. The molecule has 0 radical (unpaired) electrons. The summed E-state index contributed by atoms with van der Waals surface area (Å²) in [6.07, 6.45) is 4.40. The molecule has 1 N–H and O–H groups in total. The van der Waals surface area contributed by atoms with Gasteiger partial charge in [-0.3, -0.25) is 0 Å². The lowest BCUT2D eigenvalue weighted by atomic mass is 10.2. The van der Waals surface area contributed by atoms with E-state index >= 15 is 0 Å². The molecule has 2 rings (SSSR count). The van der Waals surface area contributed by atoms with Crippen LogP contribution >= 0.6 is 0 Å². The van der Waals surface area contributed by atoms with Crippen LogP contribution in [0.1, 0.15) is 0 Å². The third kappa shape index (κ3) is 1.66. The average molecular weight is 174 g/mol. The first-order chi connectivity index (χ1) is 6.40. The van der Waals surface area contributed by atoms with Crippen LogP contribution in [0.25, 0.3) is 0 Å². The van der Waals surface area contributed by atoms with Gasteiger partial charge in [-0.05, 0) is 24.3 Å². The predicted octanol–water partition coefficient (Wildman–Crippen LogP) is 2.10. The van der Waals surface area contributed by atoms with Crippen LogP contribution in [0.15, 0.2) is 36.4 Å². The van der Waals surface area contributed by atoms with Gasteiger partial charge in [-0.1, -0.05) is 12.2 Å². The molecule has 0 saturated heterocycles. The zero-order valence-electron chi connectivity index (χ0n) is 7.83. The van der Waals surface area contributed by atoms with E-state index in [1.54, 1.807) is 0 Å². The number of rotatable bonds is 2. The van der Waals surface area contributed by atoms with E-state index in [0.717, 1.165) is 18.8 Å². The number of nitrogens with one attached hydrogen (secondary N) is 1. The van der Waals surface area contributed by atoms with Crippen LogP contribution in [0.5, 0.6) is 0 Å². The van der Waals surface area contributed by atoms with Crippen LogP contribution in [0.4, 0.5) is 11.4 Å². The van der Waals surface area contributed by atoms with Gasteiger partial charge in [0.25, 0.3) is 0 Å². The number of benzene rings is 1. The molecule has 0 amide bonds. The van der Waals surface area contributed by atoms with Gasteiger partial charge in [0, 0.05) is 31.5 Å². The summed E-state index contributed by atoms with van der Waals surface area (Å²) in [6, 6.07) is 8.51. The minimum Gasteiger partial charge on any atom is -0.388 e. The molecule has 0 aliphatic carbocycles. The maximum Gasteiger partial charge on any atom is 0.0373 e. The Bertz CT molecular complexity index is 292. The molecule has 0 spiro atoms. The molecule has 0 unspecified atom stereocenters. The van der Waals surface area contributed by atoms with E-state index in [1.807, 2.05) is 7.05 Å². The van der Waals surface area contributed by atoms with Crippen LogP contribution in [-0.2, 0) is 0 Å². The number of hydrogen-bond acceptors (Lipinski definition) is 2. The van der Waals surface area contributed by atoms with Gasteiger partial charge in [-0.25, -0.2) is 0 Å². The van der Waals surface area contributed by atoms with Gasteiger partial charge in [0.15, 0.2) is 0 Å². The van der Waals surface area contributed by atoms with Crippen LogP contribution in [0, 0.1) is 0 Å². The molecule has 1 aromatic carbocycles. The van der Waals surface area contributed by atoms with Crippen molar-refractivity contribution in [2.24, 2.45) is 0 Å². The molecule has 0 saturated carbocycles. The van der Waals surface area contributed by atoms with Crippen molar-refractivity contribution in [3.05, 3.63) is 36.4 Å². The van der Waals surface area contributed by atoms with Gasteiger partial charge in [0.2, 0.25) is 0 Å². The molecular formula is C11H14N2. The highest BCUT2D eigenvalue weighted by Gasteiger charge is 2.06. The van der Waals surface area contributed by atoms with Crippen molar-refractivity contribution < 1.29 is 0 Å². The zero-order chi connectivity index (χ0) is 9.10. The van der Waals surface area contributed by atoms with Crippen molar-refractivity contribution in [1.29, 1.82) is 0 Å². The van der Waals surface area contributed by atoms with Crippen molar-refractivity contribution in [3.63, 3.8) is 0 Å². The maximum absolute atomic E-state index is 3.11. The van der Waals surface area contributed by atoms with Crippen molar-refractivity contribution in [3.8, 4) is 0 Å². The Hall–Kier alpha value is -1.44. The van der Waals surface area contributed by atoms with E-state index in [9.17, 15) is 0 Å². The molecule has 2 heteroatoms. The number of anilines is 2. The molecule has 0 aromatic heterocycles. The Labute approximate surface area is 78.9 Å². The van der Waals surface area contributed by atoms with Crippen molar-refractivity contribution in [2.75, 3.05) is 30.4 Å². The third-order valence-electron chi connectivity index (χ3n) is 2.34. The lowest BCUT2D eigenvalue weighted by Gasteiger charge is -2.17. The molecule has 1 aromatic rings. The summed E-state index contributed by atoms with van der Waals surface area (Å²) in [5.41, 5.74) is 2.46. The van der Waals surface area contributed by atoms with Crippen LogP contribution in [-0.4, -0.2) is 20.1 Å². The second-order valence-electron chi connectivity index (χ2n) is 3.17. The van der Waals surface area contributed by atoms with E-state index in [-0.39, 0.29) is 0 Å². The van der Waals surface area contributed by atoms with Crippen LogP contribution in [0.3, 0.4) is 0 Å². The highest BCUT2D eigenvalue weighted by Crippen LogP contribution is 2.19. The number of hydrogen-bond donors (Lipinski definition) is 1. The van der Waals surface area contributed by atoms with Crippen molar-refractivity contribution >= 4 is 11.4 Å². The normalized spacial score (nSPS) is 15.0. The Morgan fingerprint density at radius 2 is 1.69 bits per heavy atom. The summed E-state index contributed by atoms with van der Waals surface area (Å²) in [6.45, 7) is 2.08. The highest BCUT2D eigenvalue weighted by atomic mass is 15.1. The smallest absolute Gasteiger partial charge is 0.0373 e. The molecule has 68 valence electrons. The second-order valence-corrected chi connectivity index (χ2v) is 3.17. The molecule has 13 heavy (non-hydrogen) atoms. The number of nitrogens with zero attached hydrogens (tertiary/aromatic N) is 1. The van der Waals surface area contributed by atoms with E-state index in [2.05, 4.69) is 46.6 Å². The van der Waals surface area contributed by atoms with E-state index in [4.69, 9.17) is 0 Å². The molecule has 2 nitrogen and oxygen atoms in total. The van der Waals surface area contributed by atoms with Crippen molar-refractivity contribution in [1.82, 2.24) is 0 Å². The van der Waals surface area contributed by atoms with Crippen LogP contribution < -0.4 is 10.2 Å². The molecule has 0 bridgehead atoms. The van der Waals surface area contributed by atoms with Gasteiger partial charge in [0.05, 0.1) is 0 Å². The highest BCUT2D eigenvalue weighted by molar-refractivity contribution is 5.56. The van der Waals surface area contributed by atoms with Gasteiger partial charge >= 0.3 is 0 Å². The van der Waals surface area contributed by atoms with Gasteiger partial charge < -0.3 is 10.2 Å². The van der Waals surface area contributed by atoms with Crippen molar-refractivity contribution in [2.45, 2.75) is 0 Å². The van der Waals surface area contributed by atoms with Crippen LogP contribution in [0.2, 0.25) is 0 Å². The summed E-state index contributed by atoms with van der Waals surface area (Å²) in [7, 11) is 1.94. The molecule has 0 atom stereocenters. The van der Waals surface area contributed by atoms with Gasteiger partial charge in [-0.2, -0.15) is 0 Å². The first-order valence-corrected chi connectivity index (χ1v) is 4.58. The summed E-state index contributed by atoms with van der Waals surface area (Å²) >= 11 is 0. The Kier molecular flexibility index (Phi) is 2.21. The van der Waals surface area contributed by atoms with E-state index < -0.39 is 0 Å². The fraction of sp³-hybridized carbons (Fsp3) is 0.273. The topological polar surface area (TPSA) is 15.3 Å². The Balaban J connectivity index is 2.13. The summed E-state index contributed by atoms with van der Waals surface area (Å²) in [5.74, 6) is 0. The monoisotopic (exact) mass is 174 g/mol. The third-order valence-corrected chi connectivity index (χ3v) is 2.34. The van der Waals surface area contributed by atoms with Gasteiger partial charge in [0.1, 0.15) is 0 Å². The molecule has 1 aliphatic rings. The molecule has 1 aliphatic heterocycles. The second kappa shape index (κ2) is 3.52. The fourth-order valence-electron chi connectivity index (χ4n) is 1.53. The molecule has 0 fully saturated rings. The SMILES string of the molecule is CNc1ccc(N2CC=CC2)cc1.